The van der Waals surface area contributed by atoms with Crippen LogP contribution in [0.1, 0.15) is 33.6 Å². The van der Waals surface area contributed by atoms with Crippen molar-refractivity contribution >= 4 is 29.3 Å². The largest absolute Gasteiger partial charge is 0.347 e. The minimum Gasteiger partial charge on any atom is -0.347 e. The van der Waals surface area contributed by atoms with Crippen LogP contribution in [0.3, 0.4) is 0 Å². The van der Waals surface area contributed by atoms with Gasteiger partial charge in [0.15, 0.2) is 5.29 Å². The van der Waals surface area contributed by atoms with Crippen LogP contribution in [-0.2, 0) is 0 Å². The maximum atomic E-state index is 5.98. The van der Waals surface area contributed by atoms with E-state index in [9.17, 15) is 0 Å². The SMILES string of the molecule is CCCN(CCC)C(Cl)=NCC.Cl. The molecule has 0 bridgehead atoms. The minimum atomic E-state index is 0. The van der Waals surface area contributed by atoms with Gasteiger partial charge in [0, 0.05) is 19.6 Å². The van der Waals surface area contributed by atoms with E-state index in [2.05, 4.69) is 23.7 Å². The van der Waals surface area contributed by atoms with Crippen LogP contribution in [0.4, 0.5) is 0 Å². The molecular weight excluding hydrogens is 207 g/mol. The van der Waals surface area contributed by atoms with Crippen molar-refractivity contribution in [1.29, 1.82) is 0 Å². The molecule has 0 atom stereocenters. The van der Waals surface area contributed by atoms with Crippen LogP contribution in [0.25, 0.3) is 0 Å². The molecule has 0 aromatic heterocycles. The van der Waals surface area contributed by atoms with Gasteiger partial charge >= 0.3 is 0 Å². The first kappa shape index (κ1) is 15.5. The molecule has 0 radical (unpaired) electrons. The zero-order valence-electron chi connectivity index (χ0n) is 8.72. The first-order valence-corrected chi connectivity index (χ1v) is 5.08. The maximum absolute atomic E-state index is 5.98. The van der Waals surface area contributed by atoms with Crippen molar-refractivity contribution < 1.29 is 0 Å². The Kier molecular flexibility index (Phi) is 12.1. The fraction of sp³-hybridized carbons (Fsp3) is 0.889. The third-order valence-corrected chi connectivity index (χ3v) is 1.90. The Morgan fingerprint density at radius 1 is 1.15 bits per heavy atom. The van der Waals surface area contributed by atoms with Gasteiger partial charge in [0.25, 0.3) is 0 Å². The van der Waals surface area contributed by atoms with E-state index in [-0.39, 0.29) is 12.4 Å². The first-order chi connectivity index (χ1) is 5.76. The van der Waals surface area contributed by atoms with Crippen LogP contribution in [0.5, 0.6) is 0 Å². The molecular formula is C9H20Cl2N2. The summed E-state index contributed by atoms with van der Waals surface area (Å²) in [6.07, 6.45) is 2.24. The highest BCUT2D eigenvalue weighted by Crippen LogP contribution is 2.00. The Balaban J connectivity index is 0. The average Bonchev–Trinajstić information content (AvgIpc) is 2.04. The molecule has 0 N–H and O–H groups in total. The zero-order valence-corrected chi connectivity index (χ0v) is 10.3. The highest BCUT2D eigenvalue weighted by Gasteiger charge is 2.04. The molecule has 0 fully saturated rings. The standard InChI is InChI=1S/C9H19ClN2.ClH/c1-4-7-12(8-5-2)9(10)11-6-3;/h4-8H2,1-3H3;1H. The van der Waals surface area contributed by atoms with Crippen LogP contribution in [0.15, 0.2) is 4.99 Å². The molecule has 0 spiro atoms. The summed E-state index contributed by atoms with van der Waals surface area (Å²) in [6.45, 7) is 9.09. The van der Waals surface area contributed by atoms with Gasteiger partial charge in [0.05, 0.1) is 0 Å². The van der Waals surface area contributed by atoms with E-state index < -0.39 is 0 Å². The van der Waals surface area contributed by atoms with E-state index in [1.54, 1.807) is 0 Å². The number of hydrogen-bond acceptors (Lipinski definition) is 1. The summed E-state index contributed by atoms with van der Waals surface area (Å²) in [5.74, 6) is 0. The van der Waals surface area contributed by atoms with Gasteiger partial charge in [-0.2, -0.15) is 0 Å². The van der Waals surface area contributed by atoms with Gasteiger partial charge in [0.1, 0.15) is 0 Å². The lowest BCUT2D eigenvalue weighted by molar-refractivity contribution is 0.422. The molecule has 80 valence electrons. The molecule has 0 aliphatic carbocycles. The highest BCUT2D eigenvalue weighted by molar-refractivity contribution is 6.64. The van der Waals surface area contributed by atoms with Crippen molar-refractivity contribution in [1.82, 2.24) is 4.90 Å². The topological polar surface area (TPSA) is 15.6 Å². The molecule has 0 aliphatic rings. The number of hydrogen-bond donors (Lipinski definition) is 0. The average molecular weight is 227 g/mol. The molecule has 0 amide bonds. The summed E-state index contributed by atoms with van der Waals surface area (Å²) < 4.78 is 0. The normalized spacial score (nSPS) is 10.9. The number of nitrogens with zero attached hydrogens (tertiary/aromatic N) is 2. The Hall–Kier alpha value is 0.0500. The predicted octanol–water partition coefficient (Wildman–Crippen LogP) is 3.14. The Bertz CT molecular complexity index is 132. The molecule has 0 heterocycles. The second-order valence-corrected chi connectivity index (χ2v) is 3.07. The van der Waals surface area contributed by atoms with Gasteiger partial charge in [0.2, 0.25) is 0 Å². The van der Waals surface area contributed by atoms with Crippen LogP contribution in [0, 0.1) is 0 Å². The second-order valence-electron chi connectivity index (χ2n) is 2.73. The monoisotopic (exact) mass is 226 g/mol. The van der Waals surface area contributed by atoms with Crippen molar-refractivity contribution in [3.05, 3.63) is 0 Å². The number of rotatable bonds is 5. The van der Waals surface area contributed by atoms with Crippen LogP contribution in [0.2, 0.25) is 0 Å². The molecule has 0 aliphatic heterocycles. The first-order valence-electron chi connectivity index (χ1n) is 4.71. The lowest BCUT2D eigenvalue weighted by Crippen LogP contribution is -2.29. The molecule has 0 rings (SSSR count). The molecule has 0 unspecified atom stereocenters. The third-order valence-electron chi connectivity index (χ3n) is 1.54. The Morgan fingerprint density at radius 2 is 1.62 bits per heavy atom. The molecule has 0 aromatic carbocycles. The molecule has 4 heteroatoms. The second kappa shape index (κ2) is 10.1. The summed E-state index contributed by atoms with van der Waals surface area (Å²) in [4.78, 5) is 6.30. The van der Waals surface area contributed by atoms with E-state index in [0.29, 0.717) is 5.29 Å². The fourth-order valence-electron chi connectivity index (χ4n) is 1.07. The van der Waals surface area contributed by atoms with Crippen molar-refractivity contribution in [3.8, 4) is 0 Å². The summed E-state index contributed by atoms with van der Waals surface area (Å²) in [7, 11) is 0. The van der Waals surface area contributed by atoms with E-state index in [1.807, 2.05) is 6.92 Å². The molecule has 13 heavy (non-hydrogen) atoms. The Morgan fingerprint density at radius 3 is 1.92 bits per heavy atom. The number of aliphatic imine (C=N–C) groups is 1. The van der Waals surface area contributed by atoms with Gasteiger partial charge in [-0.15, -0.1) is 12.4 Å². The van der Waals surface area contributed by atoms with Crippen molar-refractivity contribution in [3.63, 3.8) is 0 Å². The quantitative estimate of drug-likeness (QED) is 0.400. The lowest BCUT2D eigenvalue weighted by atomic mass is 10.4. The van der Waals surface area contributed by atoms with Gasteiger partial charge < -0.3 is 4.90 Å². The van der Waals surface area contributed by atoms with Crippen molar-refractivity contribution in [2.45, 2.75) is 33.6 Å². The summed E-state index contributed by atoms with van der Waals surface area (Å²) >= 11 is 5.98. The van der Waals surface area contributed by atoms with Gasteiger partial charge in [-0.1, -0.05) is 13.8 Å². The highest BCUT2D eigenvalue weighted by atomic mass is 35.5. The van der Waals surface area contributed by atoms with E-state index >= 15 is 0 Å². The summed E-state index contributed by atoms with van der Waals surface area (Å²) in [5, 5.41) is 0.668. The minimum absolute atomic E-state index is 0. The molecule has 0 saturated heterocycles. The maximum Gasteiger partial charge on any atom is 0.193 e. The number of halogens is 2. The summed E-state index contributed by atoms with van der Waals surface area (Å²) in [5.41, 5.74) is 0. The van der Waals surface area contributed by atoms with E-state index in [0.717, 1.165) is 32.5 Å². The van der Waals surface area contributed by atoms with E-state index in [1.165, 1.54) is 0 Å². The summed E-state index contributed by atoms with van der Waals surface area (Å²) in [6, 6.07) is 0. The van der Waals surface area contributed by atoms with Gasteiger partial charge in [-0.05, 0) is 31.4 Å². The molecule has 0 aromatic rings. The van der Waals surface area contributed by atoms with Gasteiger partial charge in [-0.3, -0.25) is 4.99 Å². The smallest absolute Gasteiger partial charge is 0.193 e. The van der Waals surface area contributed by atoms with Crippen molar-refractivity contribution in [2.24, 2.45) is 4.99 Å². The van der Waals surface area contributed by atoms with Crippen LogP contribution < -0.4 is 0 Å². The van der Waals surface area contributed by atoms with E-state index in [4.69, 9.17) is 11.6 Å². The van der Waals surface area contributed by atoms with Crippen LogP contribution >= 0.6 is 24.0 Å². The number of amidine groups is 1. The molecule has 0 saturated carbocycles. The third kappa shape index (κ3) is 7.15. The lowest BCUT2D eigenvalue weighted by Gasteiger charge is -2.20. The zero-order chi connectivity index (χ0) is 9.40. The van der Waals surface area contributed by atoms with Crippen molar-refractivity contribution in [2.75, 3.05) is 19.6 Å². The van der Waals surface area contributed by atoms with Crippen LogP contribution in [-0.4, -0.2) is 29.8 Å². The predicted molar refractivity (Wildman–Crippen MR) is 63.2 cm³/mol. The Labute approximate surface area is 92.8 Å². The molecule has 2 nitrogen and oxygen atoms in total. The fourth-order valence-corrected chi connectivity index (χ4v) is 1.36. The van der Waals surface area contributed by atoms with Gasteiger partial charge in [-0.25, -0.2) is 0 Å².